The fourth-order valence-corrected chi connectivity index (χ4v) is 3.00. The molecule has 132 valence electrons. The van der Waals surface area contributed by atoms with E-state index in [0.29, 0.717) is 26.5 Å². The summed E-state index contributed by atoms with van der Waals surface area (Å²) in [5.74, 6) is -1.43. The summed E-state index contributed by atoms with van der Waals surface area (Å²) in [7, 11) is 0. The quantitative estimate of drug-likeness (QED) is 0.363. The van der Waals surface area contributed by atoms with Crippen LogP contribution in [0.5, 0.6) is 0 Å². The first-order valence-corrected chi connectivity index (χ1v) is 8.00. The van der Waals surface area contributed by atoms with Gasteiger partial charge in [-0.25, -0.2) is 4.39 Å². The zero-order valence-corrected chi connectivity index (χ0v) is 14.4. The highest BCUT2D eigenvalue weighted by Crippen LogP contribution is 2.31. The molecule has 0 atom stereocenters. The molecule has 1 heterocycles. The molecule has 0 aliphatic carbocycles. The molecule has 0 aliphatic rings. The number of nitrogens with one attached hydrogen (secondary N) is 2. The van der Waals surface area contributed by atoms with E-state index in [-0.39, 0.29) is 11.4 Å². The van der Waals surface area contributed by atoms with E-state index in [9.17, 15) is 19.3 Å². The molecule has 0 spiro atoms. The highest BCUT2D eigenvalue weighted by Gasteiger charge is 2.12. The average molecular weight is 394 g/mol. The molecule has 2 N–H and O–H groups in total. The third kappa shape index (κ3) is 3.68. The van der Waals surface area contributed by atoms with Gasteiger partial charge in [0, 0.05) is 45.9 Å². The number of aromatic nitrogens is 1. The summed E-state index contributed by atoms with van der Waals surface area (Å²) in [4.78, 5) is 25.1. The summed E-state index contributed by atoms with van der Waals surface area (Å²) in [6, 6.07) is 6.15. The highest BCUT2D eigenvalue weighted by molar-refractivity contribution is 6.39. The lowest BCUT2D eigenvalue weighted by molar-refractivity contribution is -0.384. The SMILES string of the molecule is O=C(C=Cc1c[nH]c2cc(Cl)cc(Cl)c12)Nc1cc([N+](=O)[O-])ccc1F. The fraction of sp³-hybridized carbons (Fsp3) is 0. The van der Waals surface area contributed by atoms with Crippen LogP contribution in [0.4, 0.5) is 15.8 Å². The Morgan fingerprint density at radius 1 is 1.27 bits per heavy atom. The predicted octanol–water partition coefficient (Wildman–Crippen LogP) is 5.17. The van der Waals surface area contributed by atoms with Crippen LogP contribution in [0.2, 0.25) is 10.0 Å². The van der Waals surface area contributed by atoms with E-state index in [1.807, 2.05) is 0 Å². The number of rotatable bonds is 4. The van der Waals surface area contributed by atoms with Crippen molar-refractivity contribution in [2.45, 2.75) is 0 Å². The summed E-state index contributed by atoms with van der Waals surface area (Å²) in [6.07, 6.45) is 4.31. The minimum Gasteiger partial charge on any atom is -0.360 e. The maximum Gasteiger partial charge on any atom is 0.271 e. The number of aromatic amines is 1. The van der Waals surface area contributed by atoms with Crippen LogP contribution in [0.3, 0.4) is 0 Å². The Labute approximate surface area is 156 Å². The molecule has 0 radical (unpaired) electrons. The van der Waals surface area contributed by atoms with Crippen molar-refractivity contribution in [2.75, 3.05) is 5.32 Å². The molecule has 0 bridgehead atoms. The van der Waals surface area contributed by atoms with Gasteiger partial charge in [-0.1, -0.05) is 23.2 Å². The van der Waals surface area contributed by atoms with Crippen molar-refractivity contribution >= 4 is 57.5 Å². The van der Waals surface area contributed by atoms with Gasteiger partial charge in [0.05, 0.1) is 15.6 Å². The van der Waals surface area contributed by atoms with Crippen LogP contribution >= 0.6 is 23.2 Å². The first kappa shape index (κ1) is 17.9. The summed E-state index contributed by atoms with van der Waals surface area (Å²) >= 11 is 12.1. The van der Waals surface area contributed by atoms with Crippen molar-refractivity contribution in [3.05, 3.63) is 74.1 Å². The number of hydrogen-bond acceptors (Lipinski definition) is 3. The van der Waals surface area contributed by atoms with Gasteiger partial charge in [0.2, 0.25) is 5.91 Å². The van der Waals surface area contributed by atoms with Crippen molar-refractivity contribution in [3.8, 4) is 0 Å². The Morgan fingerprint density at radius 2 is 2.04 bits per heavy atom. The normalized spacial score (nSPS) is 11.2. The fourth-order valence-electron chi connectivity index (χ4n) is 2.40. The number of H-pyrrole nitrogens is 1. The van der Waals surface area contributed by atoms with Crippen molar-refractivity contribution in [1.29, 1.82) is 0 Å². The van der Waals surface area contributed by atoms with Gasteiger partial charge in [-0.05, 0) is 24.3 Å². The van der Waals surface area contributed by atoms with Crippen LogP contribution in [0, 0.1) is 15.9 Å². The molecular formula is C17H10Cl2FN3O3. The maximum atomic E-state index is 13.7. The standard InChI is InChI=1S/C17H10Cl2FN3O3/c18-10-5-12(19)17-9(8-21-15(17)6-10)1-4-16(24)22-14-7-11(23(25)26)2-3-13(14)20/h1-8,21H,(H,22,24). The minimum absolute atomic E-state index is 0.280. The van der Waals surface area contributed by atoms with Gasteiger partial charge in [0.25, 0.3) is 5.69 Å². The lowest BCUT2D eigenvalue weighted by Gasteiger charge is -2.03. The third-order valence-corrected chi connectivity index (χ3v) is 4.08. The second-order valence-corrected chi connectivity index (χ2v) is 6.14. The lowest BCUT2D eigenvalue weighted by Crippen LogP contribution is -2.09. The van der Waals surface area contributed by atoms with E-state index in [0.717, 1.165) is 18.2 Å². The van der Waals surface area contributed by atoms with Crippen LogP contribution in [0.1, 0.15) is 5.56 Å². The molecule has 3 rings (SSSR count). The van der Waals surface area contributed by atoms with Gasteiger partial charge in [0.15, 0.2) is 0 Å². The number of carbonyl (C=O) groups excluding carboxylic acids is 1. The molecule has 0 fully saturated rings. The van der Waals surface area contributed by atoms with Gasteiger partial charge >= 0.3 is 0 Å². The van der Waals surface area contributed by atoms with Gasteiger partial charge in [-0.3, -0.25) is 14.9 Å². The molecule has 6 nitrogen and oxygen atoms in total. The van der Waals surface area contributed by atoms with Gasteiger partial charge in [-0.2, -0.15) is 0 Å². The third-order valence-electron chi connectivity index (χ3n) is 3.56. The van der Waals surface area contributed by atoms with E-state index in [1.165, 1.54) is 12.2 Å². The first-order chi connectivity index (χ1) is 12.3. The molecule has 1 aromatic heterocycles. The van der Waals surface area contributed by atoms with Crippen molar-refractivity contribution in [3.63, 3.8) is 0 Å². The molecule has 0 saturated carbocycles. The summed E-state index contributed by atoms with van der Waals surface area (Å²) in [5, 5.41) is 14.6. The van der Waals surface area contributed by atoms with E-state index in [4.69, 9.17) is 23.2 Å². The number of amides is 1. The van der Waals surface area contributed by atoms with Gasteiger partial charge < -0.3 is 10.3 Å². The Kier molecular flexibility index (Phi) is 4.92. The Balaban J connectivity index is 1.83. The number of fused-ring (bicyclic) bond motifs is 1. The van der Waals surface area contributed by atoms with Crippen LogP contribution < -0.4 is 5.32 Å². The second kappa shape index (κ2) is 7.15. The average Bonchev–Trinajstić information content (AvgIpc) is 2.98. The van der Waals surface area contributed by atoms with E-state index < -0.39 is 16.6 Å². The zero-order chi connectivity index (χ0) is 18.8. The number of anilines is 1. The second-order valence-electron chi connectivity index (χ2n) is 5.30. The van der Waals surface area contributed by atoms with Crippen LogP contribution in [-0.2, 0) is 4.79 Å². The highest BCUT2D eigenvalue weighted by atomic mass is 35.5. The molecule has 0 saturated heterocycles. The van der Waals surface area contributed by atoms with Crippen LogP contribution in [0.25, 0.3) is 17.0 Å². The lowest BCUT2D eigenvalue weighted by atomic mass is 10.1. The molecule has 26 heavy (non-hydrogen) atoms. The Bertz CT molecular complexity index is 1060. The number of non-ortho nitro benzene ring substituents is 1. The van der Waals surface area contributed by atoms with E-state index >= 15 is 0 Å². The van der Waals surface area contributed by atoms with Crippen LogP contribution in [-0.4, -0.2) is 15.8 Å². The zero-order valence-electron chi connectivity index (χ0n) is 12.9. The van der Waals surface area contributed by atoms with E-state index in [2.05, 4.69) is 10.3 Å². The van der Waals surface area contributed by atoms with Crippen molar-refractivity contribution in [2.24, 2.45) is 0 Å². The van der Waals surface area contributed by atoms with Crippen LogP contribution in [0.15, 0.2) is 42.6 Å². The molecule has 0 aliphatic heterocycles. The minimum atomic E-state index is -0.776. The Hall–Kier alpha value is -2.90. The molecule has 3 aromatic rings. The largest absolute Gasteiger partial charge is 0.360 e. The van der Waals surface area contributed by atoms with Crippen molar-refractivity contribution in [1.82, 2.24) is 4.98 Å². The summed E-state index contributed by atoms with van der Waals surface area (Å²) in [6.45, 7) is 0. The van der Waals surface area contributed by atoms with Gasteiger partial charge in [-0.15, -0.1) is 0 Å². The number of carbonyl (C=O) groups is 1. The number of halogens is 3. The molecule has 0 unspecified atom stereocenters. The predicted molar refractivity (Wildman–Crippen MR) is 99.0 cm³/mol. The molecule has 1 amide bonds. The monoisotopic (exact) mass is 393 g/mol. The smallest absolute Gasteiger partial charge is 0.271 e. The number of nitro benzene ring substituents is 1. The summed E-state index contributed by atoms with van der Waals surface area (Å²) in [5.41, 5.74) is 0.729. The topological polar surface area (TPSA) is 88.0 Å². The van der Waals surface area contributed by atoms with Gasteiger partial charge in [0.1, 0.15) is 5.82 Å². The number of hydrogen-bond donors (Lipinski definition) is 2. The summed E-state index contributed by atoms with van der Waals surface area (Å²) < 4.78 is 13.7. The number of benzene rings is 2. The number of nitro groups is 1. The molecule has 2 aromatic carbocycles. The molecular weight excluding hydrogens is 384 g/mol. The Morgan fingerprint density at radius 3 is 2.77 bits per heavy atom. The number of nitrogens with zero attached hydrogens (tertiary/aromatic N) is 1. The first-order valence-electron chi connectivity index (χ1n) is 7.24. The van der Waals surface area contributed by atoms with Crippen molar-refractivity contribution < 1.29 is 14.1 Å². The molecule has 9 heteroatoms. The maximum absolute atomic E-state index is 13.7. The van der Waals surface area contributed by atoms with E-state index in [1.54, 1.807) is 18.3 Å².